The van der Waals surface area contributed by atoms with Gasteiger partial charge in [0.1, 0.15) is 10.8 Å². The van der Waals surface area contributed by atoms with E-state index in [4.69, 9.17) is 18.0 Å². The molecule has 0 bridgehead atoms. The van der Waals surface area contributed by atoms with Crippen LogP contribution in [-0.2, 0) is 6.54 Å². The van der Waals surface area contributed by atoms with Crippen LogP contribution in [-0.4, -0.2) is 22.5 Å². The first-order chi connectivity index (χ1) is 8.99. The summed E-state index contributed by atoms with van der Waals surface area (Å²) < 4.78 is 13.3. The number of benzene rings is 1. The molecule has 1 fully saturated rings. The number of hydrogen-bond donors (Lipinski definition) is 1. The van der Waals surface area contributed by atoms with E-state index in [1.165, 1.54) is 25.0 Å². The predicted octanol–water partition coefficient (Wildman–Crippen LogP) is 3.08. The number of hydrogen-bond acceptors (Lipinski definition) is 2. The van der Waals surface area contributed by atoms with E-state index in [0.717, 1.165) is 18.7 Å². The molecule has 0 spiro atoms. The molecule has 1 aliphatic heterocycles. The predicted molar refractivity (Wildman–Crippen MR) is 80.6 cm³/mol. The number of likely N-dealkylation sites (tertiary alicyclic amines) is 1. The van der Waals surface area contributed by atoms with Gasteiger partial charge in [0.2, 0.25) is 0 Å². The second-order valence-corrected chi connectivity index (χ2v) is 6.03. The number of nitrogens with zero attached hydrogens (tertiary/aromatic N) is 1. The van der Waals surface area contributed by atoms with E-state index in [1.807, 2.05) is 0 Å². The highest BCUT2D eigenvalue weighted by atomic mass is 32.1. The highest BCUT2D eigenvalue weighted by Crippen LogP contribution is 2.26. The minimum Gasteiger partial charge on any atom is -0.389 e. The lowest BCUT2D eigenvalue weighted by Gasteiger charge is -2.28. The Balaban J connectivity index is 2.21. The van der Waals surface area contributed by atoms with Gasteiger partial charge in [-0.05, 0) is 43.0 Å². The van der Waals surface area contributed by atoms with Gasteiger partial charge in [0.05, 0.1) is 0 Å². The molecule has 2 N–H and O–H groups in total. The zero-order valence-corrected chi connectivity index (χ0v) is 12.3. The van der Waals surface area contributed by atoms with E-state index < -0.39 is 0 Å². The van der Waals surface area contributed by atoms with Crippen LogP contribution in [0.2, 0.25) is 0 Å². The maximum absolute atomic E-state index is 13.3. The van der Waals surface area contributed by atoms with Crippen LogP contribution in [0, 0.1) is 11.7 Å². The summed E-state index contributed by atoms with van der Waals surface area (Å²) in [6.45, 7) is 6.40. The quantitative estimate of drug-likeness (QED) is 0.859. The van der Waals surface area contributed by atoms with Gasteiger partial charge in [0, 0.05) is 18.2 Å². The van der Waals surface area contributed by atoms with Gasteiger partial charge in [-0.15, -0.1) is 0 Å². The number of rotatable bonds is 4. The van der Waals surface area contributed by atoms with Crippen LogP contribution in [0.25, 0.3) is 0 Å². The lowest BCUT2D eigenvalue weighted by atomic mass is 10.0. The molecule has 1 unspecified atom stereocenters. The fourth-order valence-electron chi connectivity index (χ4n) is 2.94. The molecule has 2 rings (SSSR count). The van der Waals surface area contributed by atoms with Crippen molar-refractivity contribution < 1.29 is 4.39 Å². The molecule has 1 heterocycles. The zero-order chi connectivity index (χ0) is 14.0. The molecule has 0 amide bonds. The summed E-state index contributed by atoms with van der Waals surface area (Å²) in [4.78, 5) is 2.73. The monoisotopic (exact) mass is 280 g/mol. The summed E-state index contributed by atoms with van der Waals surface area (Å²) >= 11 is 5.02. The maximum Gasteiger partial charge on any atom is 0.123 e. The van der Waals surface area contributed by atoms with E-state index in [2.05, 4.69) is 18.7 Å². The van der Waals surface area contributed by atoms with Crippen molar-refractivity contribution in [3.63, 3.8) is 0 Å². The molecule has 4 heteroatoms. The van der Waals surface area contributed by atoms with Crippen LogP contribution >= 0.6 is 12.2 Å². The van der Waals surface area contributed by atoms with Crippen LogP contribution in [0.5, 0.6) is 0 Å². The second-order valence-electron chi connectivity index (χ2n) is 5.59. The van der Waals surface area contributed by atoms with Gasteiger partial charge in [-0.25, -0.2) is 4.39 Å². The Bertz CT molecular complexity index is 473. The Morgan fingerprint density at radius 2 is 2.26 bits per heavy atom. The van der Waals surface area contributed by atoms with Crippen molar-refractivity contribution in [2.45, 2.75) is 39.3 Å². The summed E-state index contributed by atoms with van der Waals surface area (Å²) in [5.74, 6) is 0.351. The zero-order valence-electron chi connectivity index (χ0n) is 11.5. The highest BCUT2D eigenvalue weighted by Gasteiger charge is 2.27. The molecular weight excluding hydrogens is 259 g/mol. The molecule has 19 heavy (non-hydrogen) atoms. The molecule has 0 radical (unpaired) electrons. The van der Waals surface area contributed by atoms with E-state index in [1.54, 1.807) is 6.07 Å². The van der Waals surface area contributed by atoms with Gasteiger partial charge < -0.3 is 5.73 Å². The molecule has 104 valence electrons. The molecule has 2 nitrogen and oxygen atoms in total. The van der Waals surface area contributed by atoms with Crippen molar-refractivity contribution in [2.75, 3.05) is 6.54 Å². The number of thiocarbonyl (C=S) groups is 1. The molecule has 1 aromatic carbocycles. The van der Waals surface area contributed by atoms with Gasteiger partial charge in [-0.1, -0.05) is 32.1 Å². The Kier molecular flexibility index (Phi) is 4.53. The molecule has 0 aliphatic carbocycles. The molecule has 1 saturated heterocycles. The largest absolute Gasteiger partial charge is 0.389 e. The maximum atomic E-state index is 13.3. The van der Waals surface area contributed by atoms with Crippen molar-refractivity contribution in [3.05, 3.63) is 35.1 Å². The smallest absolute Gasteiger partial charge is 0.123 e. The third-order valence-corrected chi connectivity index (χ3v) is 4.11. The average Bonchev–Trinajstić information content (AvgIpc) is 2.79. The van der Waals surface area contributed by atoms with Gasteiger partial charge >= 0.3 is 0 Å². The highest BCUT2D eigenvalue weighted by molar-refractivity contribution is 7.80. The van der Waals surface area contributed by atoms with E-state index in [9.17, 15) is 4.39 Å². The normalized spacial score (nSPS) is 20.1. The molecule has 1 aromatic rings. The summed E-state index contributed by atoms with van der Waals surface area (Å²) in [5, 5.41) is 0. The molecule has 0 saturated carbocycles. The Morgan fingerprint density at radius 1 is 1.53 bits per heavy atom. The molecule has 1 aliphatic rings. The second kappa shape index (κ2) is 5.97. The average molecular weight is 280 g/mol. The van der Waals surface area contributed by atoms with Crippen molar-refractivity contribution in [1.29, 1.82) is 0 Å². The van der Waals surface area contributed by atoms with Crippen LogP contribution in [0.1, 0.15) is 37.8 Å². The summed E-state index contributed by atoms with van der Waals surface area (Å²) in [5.41, 5.74) is 7.40. The summed E-state index contributed by atoms with van der Waals surface area (Å²) in [6, 6.07) is 5.33. The number of halogens is 1. The minimum absolute atomic E-state index is 0.273. The third kappa shape index (κ3) is 3.31. The van der Waals surface area contributed by atoms with Gasteiger partial charge in [-0.2, -0.15) is 0 Å². The van der Waals surface area contributed by atoms with Gasteiger partial charge in [0.25, 0.3) is 0 Å². The molecule has 1 atom stereocenters. The van der Waals surface area contributed by atoms with E-state index >= 15 is 0 Å². The lowest BCUT2D eigenvalue weighted by Crippen LogP contribution is -2.33. The summed E-state index contributed by atoms with van der Waals surface area (Å²) in [6.07, 6.45) is 2.47. The van der Waals surface area contributed by atoms with Gasteiger partial charge in [-0.3, -0.25) is 4.90 Å². The standard InChI is InChI=1S/C15H21FN2S/c1-10(2)14-4-3-7-18(14)9-11-5-6-12(16)8-13(11)15(17)19/h5-6,8,10,14H,3-4,7,9H2,1-2H3,(H2,17,19). The Morgan fingerprint density at radius 3 is 2.89 bits per heavy atom. The fraction of sp³-hybridized carbons (Fsp3) is 0.533. The lowest BCUT2D eigenvalue weighted by molar-refractivity contribution is 0.198. The fourth-order valence-corrected chi connectivity index (χ4v) is 3.13. The van der Waals surface area contributed by atoms with Crippen molar-refractivity contribution >= 4 is 17.2 Å². The third-order valence-electron chi connectivity index (χ3n) is 3.89. The van der Waals surface area contributed by atoms with Crippen LogP contribution in [0.4, 0.5) is 4.39 Å². The van der Waals surface area contributed by atoms with Gasteiger partial charge in [0.15, 0.2) is 0 Å². The number of nitrogens with two attached hydrogens (primary N) is 1. The van der Waals surface area contributed by atoms with Crippen LogP contribution < -0.4 is 5.73 Å². The first-order valence-corrected chi connectivity index (χ1v) is 7.22. The first kappa shape index (κ1) is 14.4. The Hall–Kier alpha value is -1.00. The SMILES string of the molecule is CC(C)C1CCCN1Cc1ccc(F)cc1C(N)=S. The van der Waals surface area contributed by atoms with E-state index in [-0.39, 0.29) is 10.8 Å². The summed E-state index contributed by atoms with van der Waals surface area (Å²) in [7, 11) is 0. The van der Waals surface area contributed by atoms with Crippen LogP contribution in [0.15, 0.2) is 18.2 Å². The van der Waals surface area contributed by atoms with Crippen molar-refractivity contribution in [2.24, 2.45) is 11.7 Å². The topological polar surface area (TPSA) is 29.3 Å². The van der Waals surface area contributed by atoms with E-state index in [0.29, 0.717) is 17.5 Å². The molecule has 0 aromatic heterocycles. The Labute approximate surface area is 119 Å². The van der Waals surface area contributed by atoms with Crippen LogP contribution in [0.3, 0.4) is 0 Å². The minimum atomic E-state index is -0.284. The van der Waals surface area contributed by atoms with Crippen molar-refractivity contribution in [3.8, 4) is 0 Å². The first-order valence-electron chi connectivity index (χ1n) is 6.81. The molecular formula is C15H21FN2S. The van der Waals surface area contributed by atoms with Crippen molar-refractivity contribution in [1.82, 2.24) is 4.90 Å².